The fourth-order valence-corrected chi connectivity index (χ4v) is 3.97. The molecular weight excluding hydrogens is 352 g/mol. The van der Waals surface area contributed by atoms with Crippen LogP contribution in [0.1, 0.15) is 37.7 Å². The molecule has 0 N–H and O–H groups in total. The van der Waals surface area contributed by atoms with Crippen molar-refractivity contribution in [2.45, 2.75) is 38.2 Å². The van der Waals surface area contributed by atoms with Gasteiger partial charge in [-0.3, -0.25) is 14.6 Å². The molecule has 1 aromatic carbocycles. The van der Waals surface area contributed by atoms with Crippen LogP contribution < -0.4 is 4.74 Å². The average Bonchev–Trinajstić information content (AvgIpc) is 3.10. The monoisotopic (exact) mass is 376 g/mol. The molecule has 0 atom stereocenters. The number of carbonyl (C=O) groups is 2. The molecule has 1 amide bonds. The summed E-state index contributed by atoms with van der Waals surface area (Å²) in [6, 6.07) is 13.7. The van der Waals surface area contributed by atoms with Crippen LogP contribution in [0.3, 0.4) is 0 Å². The molecule has 0 bridgehead atoms. The Morgan fingerprint density at radius 1 is 1.07 bits per heavy atom. The summed E-state index contributed by atoms with van der Waals surface area (Å²) < 4.78 is 5.94. The second kappa shape index (κ2) is 8.38. The van der Waals surface area contributed by atoms with Crippen molar-refractivity contribution in [3.8, 4) is 5.75 Å². The topological polar surface area (TPSA) is 59.5 Å². The Hall–Kier alpha value is -2.95. The molecule has 1 aromatic heterocycles. The van der Waals surface area contributed by atoms with Crippen LogP contribution >= 0.6 is 0 Å². The van der Waals surface area contributed by atoms with Gasteiger partial charge in [-0.25, -0.2) is 0 Å². The number of ether oxygens (including phenoxy) is 1. The normalized spacial score (nSPS) is 17.9. The molecule has 2 aliphatic rings. The Bertz CT molecular complexity index is 869. The number of hydrogen-bond acceptors (Lipinski definition) is 4. The number of likely N-dealkylation sites (tertiary alicyclic amines) is 1. The van der Waals surface area contributed by atoms with Crippen LogP contribution in [0.5, 0.6) is 5.75 Å². The Kier molecular flexibility index (Phi) is 5.51. The molecule has 1 aliphatic heterocycles. The second-order valence-corrected chi connectivity index (χ2v) is 7.31. The van der Waals surface area contributed by atoms with Gasteiger partial charge in [0.2, 0.25) is 5.91 Å². The van der Waals surface area contributed by atoms with E-state index in [0.717, 1.165) is 36.1 Å². The number of ketones is 1. The zero-order valence-electron chi connectivity index (χ0n) is 15.8. The summed E-state index contributed by atoms with van der Waals surface area (Å²) in [5.41, 5.74) is 2.79. The highest BCUT2D eigenvalue weighted by Gasteiger charge is 2.29. The largest absolute Gasteiger partial charge is 0.489 e. The third-order valence-corrected chi connectivity index (χ3v) is 5.49. The maximum absolute atomic E-state index is 12.8. The quantitative estimate of drug-likeness (QED) is 0.799. The zero-order chi connectivity index (χ0) is 19.3. The number of carbonyl (C=O) groups excluding carboxylic acids is 2. The van der Waals surface area contributed by atoms with E-state index in [2.05, 4.69) is 4.98 Å². The Labute approximate surface area is 165 Å². The van der Waals surface area contributed by atoms with Crippen molar-refractivity contribution < 1.29 is 14.3 Å². The summed E-state index contributed by atoms with van der Waals surface area (Å²) in [5, 5.41) is 0. The van der Waals surface area contributed by atoms with Gasteiger partial charge in [0.15, 0.2) is 5.78 Å². The SMILES string of the molecule is O=C1CCC(c2ccccc2)=C1CC(=O)N1CCC(Oc2cccnc2)CC1. The molecule has 28 heavy (non-hydrogen) atoms. The lowest BCUT2D eigenvalue weighted by molar-refractivity contribution is -0.133. The number of amides is 1. The molecule has 0 saturated carbocycles. The van der Waals surface area contributed by atoms with Crippen molar-refractivity contribution in [2.75, 3.05) is 13.1 Å². The smallest absolute Gasteiger partial charge is 0.227 e. The fourth-order valence-electron chi connectivity index (χ4n) is 3.97. The van der Waals surface area contributed by atoms with Crippen LogP contribution in [-0.4, -0.2) is 40.8 Å². The molecule has 0 unspecified atom stereocenters. The van der Waals surface area contributed by atoms with E-state index in [-0.39, 0.29) is 24.2 Å². The lowest BCUT2D eigenvalue weighted by Gasteiger charge is -2.32. The maximum Gasteiger partial charge on any atom is 0.227 e. The number of allylic oxidation sites excluding steroid dienone is 1. The molecule has 1 saturated heterocycles. The summed E-state index contributed by atoms with van der Waals surface area (Å²) in [6.07, 6.45) is 6.55. The van der Waals surface area contributed by atoms with E-state index in [9.17, 15) is 9.59 Å². The highest BCUT2D eigenvalue weighted by Crippen LogP contribution is 2.34. The van der Waals surface area contributed by atoms with Crippen LogP contribution in [0.4, 0.5) is 0 Å². The van der Waals surface area contributed by atoms with Crippen LogP contribution in [0, 0.1) is 0 Å². The zero-order valence-corrected chi connectivity index (χ0v) is 15.8. The van der Waals surface area contributed by atoms with E-state index in [1.807, 2.05) is 47.4 Å². The van der Waals surface area contributed by atoms with E-state index >= 15 is 0 Å². The highest BCUT2D eigenvalue weighted by atomic mass is 16.5. The first-order chi connectivity index (χ1) is 13.7. The Morgan fingerprint density at radius 2 is 1.86 bits per heavy atom. The molecule has 1 aliphatic carbocycles. The Balaban J connectivity index is 1.37. The van der Waals surface area contributed by atoms with Gasteiger partial charge < -0.3 is 9.64 Å². The minimum absolute atomic E-state index is 0.0403. The summed E-state index contributed by atoms with van der Waals surface area (Å²) in [6.45, 7) is 1.32. The predicted octanol–water partition coefficient (Wildman–Crippen LogP) is 3.66. The van der Waals surface area contributed by atoms with E-state index < -0.39 is 0 Å². The molecule has 5 nitrogen and oxygen atoms in total. The van der Waals surface area contributed by atoms with Crippen LogP contribution in [0.2, 0.25) is 0 Å². The minimum Gasteiger partial charge on any atom is -0.489 e. The fraction of sp³-hybridized carbons (Fsp3) is 0.348. The maximum atomic E-state index is 12.8. The predicted molar refractivity (Wildman–Crippen MR) is 107 cm³/mol. The van der Waals surface area contributed by atoms with Crippen LogP contribution in [0.15, 0.2) is 60.4 Å². The number of rotatable bonds is 5. The van der Waals surface area contributed by atoms with Crippen LogP contribution in [0.25, 0.3) is 5.57 Å². The molecule has 4 rings (SSSR count). The summed E-state index contributed by atoms with van der Waals surface area (Å²) >= 11 is 0. The number of benzene rings is 1. The molecule has 2 heterocycles. The standard InChI is InChI=1S/C23H24N2O3/c26-22-9-8-20(17-5-2-1-3-6-17)21(22)15-23(27)25-13-10-18(11-14-25)28-19-7-4-12-24-16-19/h1-7,12,16,18H,8-11,13-15H2. The van der Waals surface area contributed by atoms with E-state index in [0.29, 0.717) is 25.1 Å². The van der Waals surface area contributed by atoms with Gasteiger partial charge in [-0.05, 0) is 29.7 Å². The van der Waals surface area contributed by atoms with E-state index in [1.165, 1.54) is 0 Å². The molecule has 0 radical (unpaired) electrons. The number of piperidine rings is 1. The first-order valence-corrected chi connectivity index (χ1v) is 9.86. The van der Waals surface area contributed by atoms with Gasteiger partial charge in [0.25, 0.3) is 0 Å². The van der Waals surface area contributed by atoms with Gasteiger partial charge in [-0.1, -0.05) is 30.3 Å². The molecule has 5 heteroatoms. The first-order valence-electron chi connectivity index (χ1n) is 9.86. The van der Waals surface area contributed by atoms with Gasteiger partial charge >= 0.3 is 0 Å². The number of aromatic nitrogens is 1. The molecule has 2 aromatic rings. The van der Waals surface area contributed by atoms with E-state index in [1.54, 1.807) is 12.4 Å². The van der Waals surface area contributed by atoms with Crippen molar-refractivity contribution in [1.82, 2.24) is 9.88 Å². The minimum atomic E-state index is 0.0403. The van der Waals surface area contributed by atoms with E-state index in [4.69, 9.17) is 4.74 Å². The third-order valence-electron chi connectivity index (χ3n) is 5.49. The lowest BCUT2D eigenvalue weighted by Crippen LogP contribution is -2.42. The molecular formula is C23H24N2O3. The second-order valence-electron chi connectivity index (χ2n) is 7.31. The van der Waals surface area contributed by atoms with Crippen molar-refractivity contribution in [3.63, 3.8) is 0 Å². The highest BCUT2D eigenvalue weighted by molar-refractivity contribution is 6.10. The molecule has 144 valence electrons. The van der Waals surface area contributed by atoms with Gasteiger partial charge in [0.1, 0.15) is 11.9 Å². The van der Waals surface area contributed by atoms with Gasteiger partial charge in [-0.2, -0.15) is 0 Å². The number of pyridine rings is 1. The van der Waals surface area contributed by atoms with Gasteiger partial charge in [0.05, 0.1) is 12.6 Å². The first kappa shape index (κ1) is 18.4. The third kappa shape index (κ3) is 4.14. The average molecular weight is 376 g/mol. The molecule has 1 fully saturated rings. The number of hydrogen-bond donors (Lipinski definition) is 0. The van der Waals surface area contributed by atoms with Crippen LogP contribution in [-0.2, 0) is 9.59 Å². The Morgan fingerprint density at radius 3 is 2.57 bits per heavy atom. The van der Waals surface area contributed by atoms with Crippen molar-refractivity contribution in [2.24, 2.45) is 0 Å². The number of Topliss-reactive ketones (excluding diaryl/α,β-unsaturated/α-hetero) is 1. The summed E-state index contributed by atoms with van der Waals surface area (Å²) in [4.78, 5) is 31.1. The van der Waals surface area contributed by atoms with Crippen molar-refractivity contribution in [3.05, 3.63) is 66.0 Å². The van der Waals surface area contributed by atoms with Crippen molar-refractivity contribution in [1.29, 1.82) is 0 Å². The summed E-state index contributed by atoms with van der Waals surface area (Å²) in [7, 11) is 0. The van der Waals surface area contributed by atoms with Crippen molar-refractivity contribution >= 4 is 17.3 Å². The summed E-state index contributed by atoms with van der Waals surface area (Å²) in [5.74, 6) is 0.919. The number of nitrogens with zero attached hydrogens (tertiary/aromatic N) is 2. The van der Waals surface area contributed by atoms with Gasteiger partial charge in [0, 0.05) is 44.1 Å². The molecule has 0 spiro atoms. The lowest BCUT2D eigenvalue weighted by atomic mass is 9.99. The van der Waals surface area contributed by atoms with Gasteiger partial charge in [-0.15, -0.1) is 0 Å².